The van der Waals surface area contributed by atoms with E-state index in [-0.39, 0.29) is 11.9 Å². The number of anilines is 1. The average Bonchev–Trinajstić information content (AvgIpc) is 2.96. The van der Waals surface area contributed by atoms with Crippen LogP contribution in [-0.4, -0.2) is 13.0 Å². The van der Waals surface area contributed by atoms with E-state index in [1.165, 1.54) is 10.4 Å². The van der Waals surface area contributed by atoms with Crippen LogP contribution >= 0.6 is 11.3 Å². The van der Waals surface area contributed by atoms with E-state index in [4.69, 9.17) is 10.5 Å². The highest BCUT2D eigenvalue weighted by Crippen LogP contribution is 2.34. The van der Waals surface area contributed by atoms with Gasteiger partial charge in [0.1, 0.15) is 11.3 Å². The second kappa shape index (κ2) is 5.77. The second-order valence-electron chi connectivity index (χ2n) is 5.14. The summed E-state index contributed by atoms with van der Waals surface area (Å²) in [6.07, 6.45) is 3.17. The minimum absolute atomic E-state index is 0.0665. The number of fused-ring (bicyclic) bond motifs is 1. The van der Waals surface area contributed by atoms with Gasteiger partial charge in [-0.2, -0.15) is 0 Å². The van der Waals surface area contributed by atoms with E-state index in [2.05, 4.69) is 16.8 Å². The molecule has 0 aliphatic heterocycles. The predicted molar refractivity (Wildman–Crippen MR) is 84.9 cm³/mol. The lowest BCUT2D eigenvalue weighted by molar-refractivity contribution is 0.0931. The number of nitrogen functional groups attached to an aromatic ring is 1. The maximum absolute atomic E-state index is 12.6. The van der Waals surface area contributed by atoms with Gasteiger partial charge >= 0.3 is 0 Å². The number of carbonyl (C=O) groups is 1. The molecule has 21 heavy (non-hydrogen) atoms. The summed E-state index contributed by atoms with van der Waals surface area (Å²) in [7, 11) is 1.54. The molecule has 1 aliphatic rings. The fraction of sp³-hybridized carbons (Fsp3) is 0.312. The van der Waals surface area contributed by atoms with Gasteiger partial charge in [-0.3, -0.25) is 4.79 Å². The van der Waals surface area contributed by atoms with Gasteiger partial charge in [0.15, 0.2) is 0 Å². The minimum atomic E-state index is -0.172. The van der Waals surface area contributed by atoms with E-state index in [0.717, 1.165) is 19.3 Å². The van der Waals surface area contributed by atoms with Gasteiger partial charge in [0.25, 0.3) is 5.91 Å². The molecule has 5 heteroatoms. The SMILES string of the molecule is COc1cccc(N)c1C(=O)NC1CCCc2sccc21. The van der Waals surface area contributed by atoms with Crippen LogP contribution < -0.4 is 15.8 Å². The third-order valence-corrected chi connectivity index (χ3v) is 4.86. The Labute approximate surface area is 127 Å². The first-order valence-electron chi connectivity index (χ1n) is 7.00. The quantitative estimate of drug-likeness (QED) is 0.856. The summed E-state index contributed by atoms with van der Waals surface area (Å²) in [5, 5.41) is 5.19. The van der Waals surface area contributed by atoms with Crippen molar-refractivity contribution >= 4 is 22.9 Å². The molecule has 3 N–H and O–H groups in total. The lowest BCUT2D eigenvalue weighted by atomic mass is 9.93. The normalized spacial score (nSPS) is 17.1. The molecule has 1 atom stereocenters. The summed E-state index contributed by atoms with van der Waals surface area (Å²) in [6.45, 7) is 0. The summed E-state index contributed by atoms with van der Waals surface area (Å²) in [5.41, 5.74) is 8.04. The standard InChI is InChI=1S/C16H18N2O2S/c1-20-13-6-2-4-11(17)15(13)16(19)18-12-5-3-7-14-10(12)8-9-21-14/h2,4,6,8-9,12H,3,5,7,17H2,1H3,(H,18,19). The summed E-state index contributed by atoms with van der Waals surface area (Å²) >= 11 is 1.76. The molecule has 110 valence electrons. The van der Waals surface area contributed by atoms with Crippen LogP contribution in [0.3, 0.4) is 0 Å². The van der Waals surface area contributed by atoms with E-state index in [1.807, 2.05) is 0 Å². The van der Waals surface area contributed by atoms with E-state index >= 15 is 0 Å². The third-order valence-electron chi connectivity index (χ3n) is 3.86. The number of carbonyl (C=O) groups excluding carboxylic acids is 1. The van der Waals surface area contributed by atoms with E-state index in [1.54, 1.807) is 36.6 Å². The van der Waals surface area contributed by atoms with Gasteiger partial charge in [-0.25, -0.2) is 0 Å². The number of hydrogen-bond donors (Lipinski definition) is 2. The number of thiophene rings is 1. The highest BCUT2D eigenvalue weighted by molar-refractivity contribution is 7.10. The van der Waals surface area contributed by atoms with Gasteiger partial charge < -0.3 is 15.8 Å². The Morgan fingerprint density at radius 2 is 2.29 bits per heavy atom. The van der Waals surface area contributed by atoms with Gasteiger partial charge in [-0.05, 0) is 48.4 Å². The van der Waals surface area contributed by atoms with Gasteiger partial charge in [0.05, 0.1) is 13.2 Å². The maximum Gasteiger partial charge on any atom is 0.257 e. The highest BCUT2D eigenvalue weighted by atomic mass is 32.1. The molecule has 1 aromatic heterocycles. The number of hydrogen-bond acceptors (Lipinski definition) is 4. The van der Waals surface area contributed by atoms with E-state index in [0.29, 0.717) is 17.0 Å². The van der Waals surface area contributed by atoms with Crippen LogP contribution in [0.1, 0.15) is 39.7 Å². The van der Waals surface area contributed by atoms with Crippen molar-refractivity contribution in [2.75, 3.05) is 12.8 Å². The molecular formula is C16H18N2O2S. The number of rotatable bonds is 3. The lowest BCUT2D eigenvalue weighted by Crippen LogP contribution is -2.31. The molecule has 1 aliphatic carbocycles. The largest absolute Gasteiger partial charge is 0.496 e. The van der Waals surface area contributed by atoms with Gasteiger partial charge in [0, 0.05) is 10.6 Å². The Bertz CT molecular complexity index is 666. The zero-order valence-corrected chi connectivity index (χ0v) is 12.7. The summed E-state index contributed by atoms with van der Waals surface area (Å²) < 4.78 is 5.25. The van der Waals surface area contributed by atoms with Crippen LogP contribution in [0.2, 0.25) is 0 Å². The molecule has 1 heterocycles. The minimum Gasteiger partial charge on any atom is -0.496 e. The zero-order chi connectivity index (χ0) is 14.8. The second-order valence-corrected chi connectivity index (χ2v) is 6.14. The van der Waals surface area contributed by atoms with Crippen molar-refractivity contribution in [2.24, 2.45) is 0 Å². The summed E-state index contributed by atoms with van der Waals surface area (Å²) in [4.78, 5) is 14.0. The first-order chi connectivity index (χ1) is 10.2. The fourth-order valence-corrected chi connectivity index (χ4v) is 3.82. The van der Waals surface area contributed by atoms with Crippen LogP contribution in [0, 0.1) is 0 Å². The van der Waals surface area contributed by atoms with Crippen LogP contribution in [0.25, 0.3) is 0 Å². The molecule has 3 rings (SSSR count). The Kier molecular flexibility index (Phi) is 3.84. The lowest BCUT2D eigenvalue weighted by Gasteiger charge is -2.24. The van der Waals surface area contributed by atoms with Crippen molar-refractivity contribution in [1.82, 2.24) is 5.32 Å². The van der Waals surface area contributed by atoms with Crippen molar-refractivity contribution in [3.05, 3.63) is 45.6 Å². The molecule has 0 saturated carbocycles. The number of ether oxygens (including phenoxy) is 1. The van der Waals surface area contributed by atoms with Crippen LogP contribution in [0.5, 0.6) is 5.75 Å². The first kappa shape index (κ1) is 13.9. The molecule has 0 spiro atoms. The maximum atomic E-state index is 12.6. The summed E-state index contributed by atoms with van der Waals surface area (Å²) in [6, 6.07) is 7.42. The monoisotopic (exact) mass is 302 g/mol. The Hall–Kier alpha value is -2.01. The van der Waals surface area contributed by atoms with E-state index < -0.39 is 0 Å². The van der Waals surface area contributed by atoms with Crippen LogP contribution in [0.15, 0.2) is 29.6 Å². The van der Waals surface area contributed by atoms with E-state index in [9.17, 15) is 4.79 Å². The van der Waals surface area contributed by atoms with Gasteiger partial charge in [-0.1, -0.05) is 6.07 Å². The van der Waals surface area contributed by atoms with Crippen molar-refractivity contribution < 1.29 is 9.53 Å². The van der Waals surface area contributed by atoms with Crippen molar-refractivity contribution in [1.29, 1.82) is 0 Å². The number of nitrogens with two attached hydrogens (primary N) is 1. The molecule has 1 unspecified atom stereocenters. The highest BCUT2D eigenvalue weighted by Gasteiger charge is 2.25. The number of nitrogens with one attached hydrogen (secondary N) is 1. The Balaban J connectivity index is 1.86. The van der Waals surface area contributed by atoms with Crippen molar-refractivity contribution in [2.45, 2.75) is 25.3 Å². The van der Waals surface area contributed by atoms with Crippen LogP contribution in [0.4, 0.5) is 5.69 Å². The molecule has 4 nitrogen and oxygen atoms in total. The molecule has 1 amide bonds. The smallest absolute Gasteiger partial charge is 0.257 e. The molecule has 1 aromatic carbocycles. The van der Waals surface area contributed by atoms with Crippen molar-refractivity contribution in [3.8, 4) is 5.75 Å². The van der Waals surface area contributed by atoms with Crippen LogP contribution in [-0.2, 0) is 6.42 Å². The number of benzene rings is 1. The number of aryl methyl sites for hydroxylation is 1. The predicted octanol–water partition coefficient (Wildman–Crippen LogP) is 3.15. The summed E-state index contributed by atoms with van der Waals surface area (Å²) in [5.74, 6) is 0.336. The Morgan fingerprint density at radius 3 is 3.10 bits per heavy atom. The third kappa shape index (κ3) is 2.61. The topological polar surface area (TPSA) is 64.3 Å². The zero-order valence-electron chi connectivity index (χ0n) is 11.9. The molecule has 0 radical (unpaired) electrons. The molecule has 0 bridgehead atoms. The van der Waals surface area contributed by atoms with Crippen molar-refractivity contribution in [3.63, 3.8) is 0 Å². The molecule has 0 fully saturated rings. The Morgan fingerprint density at radius 1 is 1.43 bits per heavy atom. The molecule has 0 saturated heterocycles. The number of methoxy groups -OCH3 is 1. The van der Waals surface area contributed by atoms with Gasteiger partial charge in [-0.15, -0.1) is 11.3 Å². The van der Waals surface area contributed by atoms with Gasteiger partial charge in [0.2, 0.25) is 0 Å². The fourth-order valence-electron chi connectivity index (χ4n) is 2.83. The first-order valence-corrected chi connectivity index (χ1v) is 7.88. The average molecular weight is 302 g/mol. The molecule has 2 aromatic rings. The molecular weight excluding hydrogens is 284 g/mol. The number of amides is 1.